The molecule has 0 aliphatic heterocycles. The van der Waals surface area contributed by atoms with Gasteiger partial charge in [-0.3, -0.25) is 0 Å². The van der Waals surface area contributed by atoms with Gasteiger partial charge in [0.2, 0.25) is 0 Å². The number of aryl methyl sites for hydroxylation is 1. The Bertz CT molecular complexity index is 351. The van der Waals surface area contributed by atoms with Gasteiger partial charge in [-0.15, -0.1) is 0 Å². The molecule has 1 aromatic rings. The quantitative estimate of drug-likeness (QED) is 0.343. The van der Waals surface area contributed by atoms with Crippen LogP contribution in [0.5, 0.6) is 0 Å². The summed E-state index contributed by atoms with van der Waals surface area (Å²) in [5.74, 6) is 0. The fraction of sp³-hybridized carbons (Fsp3) is 0.333. The average Bonchev–Trinajstić information content (AvgIpc) is 2.53. The summed E-state index contributed by atoms with van der Waals surface area (Å²) in [4.78, 5) is 2.81. The fourth-order valence-corrected chi connectivity index (χ4v) is 1.74. The minimum atomic E-state index is 0.812. The molecule has 1 aliphatic rings. The molecule has 2 rings (SSSR count). The summed E-state index contributed by atoms with van der Waals surface area (Å²) in [6.45, 7) is 0. The van der Waals surface area contributed by atoms with E-state index in [0.29, 0.717) is 0 Å². The Morgan fingerprint density at radius 3 is 3.08 bits per heavy atom. The number of nitrogens with zero attached hydrogens (tertiary/aromatic N) is 3. The van der Waals surface area contributed by atoms with Gasteiger partial charge in [0.1, 0.15) is 0 Å². The third-order valence-electron chi connectivity index (χ3n) is 2.27. The van der Waals surface area contributed by atoms with Crippen LogP contribution in [0.4, 0.5) is 5.69 Å². The number of hydrogen-bond acceptors (Lipinski definition) is 1. The first kappa shape index (κ1) is 7.19. The molecule has 3 nitrogen and oxygen atoms in total. The summed E-state index contributed by atoms with van der Waals surface area (Å²) in [7, 11) is 0. The Morgan fingerprint density at radius 2 is 2.25 bits per heavy atom. The van der Waals surface area contributed by atoms with E-state index in [1.54, 1.807) is 0 Å². The second-order valence-corrected chi connectivity index (χ2v) is 2.96. The van der Waals surface area contributed by atoms with Gasteiger partial charge in [0.05, 0.1) is 0 Å². The van der Waals surface area contributed by atoms with Gasteiger partial charge in [0.25, 0.3) is 0 Å². The van der Waals surface area contributed by atoms with Gasteiger partial charge in [-0.25, -0.2) is 0 Å². The van der Waals surface area contributed by atoms with E-state index >= 15 is 0 Å². The van der Waals surface area contributed by atoms with Crippen LogP contribution in [0.25, 0.3) is 10.4 Å². The molecule has 0 spiro atoms. The summed E-state index contributed by atoms with van der Waals surface area (Å²) in [6, 6.07) is 5.94. The van der Waals surface area contributed by atoms with Crippen LogP contribution in [0.2, 0.25) is 0 Å². The first-order valence-electron chi connectivity index (χ1n) is 4.07. The lowest BCUT2D eigenvalue weighted by molar-refractivity contribution is 0.911. The maximum Gasteiger partial charge on any atom is 0.0410 e. The zero-order valence-corrected chi connectivity index (χ0v) is 6.70. The van der Waals surface area contributed by atoms with Crippen LogP contribution in [0, 0.1) is 0 Å². The van der Waals surface area contributed by atoms with Crippen molar-refractivity contribution in [3.8, 4) is 0 Å². The topological polar surface area (TPSA) is 48.8 Å². The number of hydrogen-bond donors (Lipinski definition) is 0. The smallest absolute Gasteiger partial charge is 0.0410 e. The Kier molecular flexibility index (Phi) is 1.72. The van der Waals surface area contributed by atoms with Gasteiger partial charge in [0, 0.05) is 10.6 Å². The minimum absolute atomic E-state index is 0.812. The molecule has 0 aromatic heterocycles. The Balaban J connectivity index is 2.56. The van der Waals surface area contributed by atoms with Crippen LogP contribution in [0.15, 0.2) is 23.3 Å². The maximum absolute atomic E-state index is 8.31. The zero-order chi connectivity index (χ0) is 8.39. The average molecular weight is 159 g/mol. The molecule has 60 valence electrons. The summed E-state index contributed by atoms with van der Waals surface area (Å²) < 4.78 is 0. The summed E-state index contributed by atoms with van der Waals surface area (Å²) in [5, 5.41) is 3.66. The van der Waals surface area contributed by atoms with Crippen molar-refractivity contribution < 1.29 is 0 Å². The van der Waals surface area contributed by atoms with E-state index in [4.69, 9.17) is 5.53 Å². The highest BCUT2D eigenvalue weighted by Gasteiger charge is 2.12. The van der Waals surface area contributed by atoms with Crippen LogP contribution in [-0.4, -0.2) is 0 Å². The van der Waals surface area contributed by atoms with Gasteiger partial charge in [-0.2, -0.15) is 0 Å². The molecule has 12 heavy (non-hydrogen) atoms. The molecule has 0 radical (unpaired) electrons. The molecule has 0 saturated heterocycles. The van der Waals surface area contributed by atoms with E-state index < -0.39 is 0 Å². The maximum atomic E-state index is 8.31. The molecule has 1 aliphatic carbocycles. The van der Waals surface area contributed by atoms with E-state index in [-0.39, 0.29) is 0 Å². The van der Waals surface area contributed by atoms with Crippen molar-refractivity contribution in [3.63, 3.8) is 0 Å². The van der Waals surface area contributed by atoms with Crippen molar-refractivity contribution >= 4 is 5.69 Å². The van der Waals surface area contributed by atoms with E-state index in [2.05, 4.69) is 16.1 Å². The molecular formula is C9H9N3. The first-order chi connectivity index (χ1) is 5.92. The van der Waals surface area contributed by atoms with Crippen molar-refractivity contribution in [1.29, 1.82) is 0 Å². The van der Waals surface area contributed by atoms with Crippen molar-refractivity contribution in [2.75, 3.05) is 0 Å². The van der Waals surface area contributed by atoms with E-state index in [1.165, 1.54) is 17.5 Å². The van der Waals surface area contributed by atoms with Crippen LogP contribution >= 0.6 is 0 Å². The normalized spacial score (nSPS) is 13.7. The summed E-state index contributed by atoms with van der Waals surface area (Å²) in [6.07, 6.45) is 3.38. The third-order valence-corrected chi connectivity index (χ3v) is 2.27. The largest absolute Gasteiger partial charge is 0.0615 e. The molecule has 0 N–H and O–H groups in total. The molecule has 0 heterocycles. The predicted molar refractivity (Wildman–Crippen MR) is 47.3 cm³/mol. The third kappa shape index (κ3) is 1.04. The van der Waals surface area contributed by atoms with Crippen LogP contribution in [-0.2, 0) is 12.8 Å². The Hall–Kier alpha value is -1.47. The lowest BCUT2D eigenvalue weighted by Gasteiger charge is -2.00. The van der Waals surface area contributed by atoms with E-state index in [1.807, 2.05) is 12.1 Å². The van der Waals surface area contributed by atoms with E-state index in [9.17, 15) is 0 Å². The van der Waals surface area contributed by atoms with Gasteiger partial charge < -0.3 is 0 Å². The molecule has 1 aromatic carbocycles. The fourth-order valence-electron chi connectivity index (χ4n) is 1.74. The first-order valence-corrected chi connectivity index (χ1v) is 4.07. The van der Waals surface area contributed by atoms with Gasteiger partial charge in [0.15, 0.2) is 0 Å². The minimum Gasteiger partial charge on any atom is -0.0615 e. The van der Waals surface area contributed by atoms with Gasteiger partial charge in [-0.05, 0) is 35.9 Å². The molecule has 3 heteroatoms. The molecule has 0 saturated carbocycles. The van der Waals surface area contributed by atoms with Crippen LogP contribution in [0.1, 0.15) is 17.5 Å². The highest BCUT2D eigenvalue weighted by molar-refractivity contribution is 5.52. The van der Waals surface area contributed by atoms with E-state index in [0.717, 1.165) is 18.5 Å². The number of rotatable bonds is 1. The van der Waals surface area contributed by atoms with Gasteiger partial charge in [-0.1, -0.05) is 23.3 Å². The highest BCUT2D eigenvalue weighted by atomic mass is 15.1. The Labute approximate surface area is 70.7 Å². The molecule has 0 fully saturated rings. The molecular weight excluding hydrogens is 150 g/mol. The van der Waals surface area contributed by atoms with Crippen LogP contribution < -0.4 is 0 Å². The number of benzene rings is 1. The summed E-state index contributed by atoms with van der Waals surface area (Å²) in [5.41, 5.74) is 11.7. The molecule has 0 atom stereocenters. The molecule has 0 unspecified atom stereocenters. The summed E-state index contributed by atoms with van der Waals surface area (Å²) >= 11 is 0. The van der Waals surface area contributed by atoms with Crippen molar-refractivity contribution in [2.24, 2.45) is 5.11 Å². The second kappa shape index (κ2) is 2.88. The standard InChI is InChI=1S/C9H9N3/c10-12-11-9-6-2-4-7-3-1-5-8(7)9/h2,4,6H,1,3,5H2. The SMILES string of the molecule is [N-]=[N+]=Nc1cccc2c1CCC2. The Morgan fingerprint density at radius 1 is 1.33 bits per heavy atom. The lowest BCUT2D eigenvalue weighted by Crippen LogP contribution is -1.80. The van der Waals surface area contributed by atoms with Crippen molar-refractivity contribution in [3.05, 3.63) is 39.8 Å². The zero-order valence-electron chi connectivity index (χ0n) is 6.70. The highest BCUT2D eigenvalue weighted by Crippen LogP contribution is 2.30. The monoisotopic (exact) mass is 159 g/mol. The number of azide groups is 1. The van der Waals surface area contributed by atoms with Crippen molar-refractivity contribution in [2.45, 2.75) is 19.3 Å². The predicted octanol–water partition coefficient (Wildman–Crippen LogP) is 3.12. The molecule has 0 bridgehead atoms. The van der Waals surface area contributed by atoms with Crippen molar-refractivity contribution in [1.82, 2.24) is 0 Å². The van der Waals surface area contributed by atoms with Gasteiger partial charge >= 0.3 is 0 Å². The molecule has 0 amide bonds. The lowest BCUT2D eigenvalue weighted by atomic mass is 10.1. The second-order valence-electron chi connectivity index (χ2n) is 2.96. The van der Waals surface area contributed by atoms with Crippen LogP contribution in [0.3, 0.4) is 0 Å². The number of fused-ring (bicyclic) bond motifs is 1.